The molecule has 0 saturated heterocycles. The van der Waals surface area contributed by atoms with Crippen LogP contribution in [-0.2, 0) is 10.8 Å². The Morgan fingerprint density at radius 1 is 0.306 bits per heavy atom. The van der Waals surface area contributed by atoms with Gasteiger partial charge >= 0.3 is 0 Å². The van der Waals surface area contributed by atoms with Crippen molar-refractivity contribution in [1.29, 1.82) is 0 Å². The fraction of sp³-hybridized carbons (Fsp3) is 0.0492. The molecule has 10 aromatic rings. The Morgan fingerprint density at radius 3 is 1.50 bits per heavy atom. The summed E-state index contributed by atoms with van der Waals surface area (Å²) in [4.78, 5) is 2.49. The van der Waals surface area contributed by atoms with Crippen molar-refractivity contribution in [2.45, 2.75) is 17.8 Å². The van der Waals surface area contributed by atoms with E-state index in [1.807, 2.05) is 0 Å². The summed E-state index contributed by atoms with van der Waals surface area (Å²) in [6.45, 7) is 2.40. The fourth-order valence-electron chi connectivity index (χ4n) is 11.0. The summed E-state index contributed by atoms with van der Waals surface area (Å²) in [6, 6.07) is 90.0. The van der Waals surface area contributed by atoms with Crippen LogP contribution >= 0.6 is 0 Å². The molecule has 0 bridgehead atoms. The average Bonchev–Trinajstić information content (AvgIpc) is 3.79. The minimum absolute atomic E-state index is 0.328. The lowest BCUT2D eigenvalue weighted by atomic mass is 9.67. The molecule has 0 radical (unpaired) electrons. The Hall–Kier alpha value is -7.74. The first-order valence-electron chi connectivity index (χ1n) is 21.7. The second-order valence-electron chi connectivity index (χ2n) is 16.9. The van der Waals surface area contributed by atoms with Crippen LogP contribution in [0.2, 0.25) is 0 Å². The van der Waals surface area contributed by atoms with Gasteiger partial charge in [-0.05, 0) is 121 Å². The second-order valence-corrected chi connectivity index (χ2v) is 16.9. The normalized spacial score (nSPS) is 15.4. The van der Waals surface area contributed by atoms with Gasteiger partial charge in [0, 0.05) is 22.4 Å². The van der Waals surface area contributed by atoms with Crippen LogP contribution in [0.25, 0.3) is 44.2 Å². The van der Waals surface area contributed by atoms with Crippen LogP contribution in [0.1, 0.15) is 45.9 Å². The summed E-state index contributed by atoms with van der Waals surface area (Å²) in [5.74, 6) is 0. The molecule has 292 valence electrons. The van der Waals surface area contributed by atoms with E-state index >= 15 is 0 Å². The molecule has 0 fully saturated rings. The van der Waals surface area contributed by atoms with Crippen LogP contribution in [-0.4, -0.2) is 0 Å². The van der Waals surface area contributed by atoms with Gasteiger partial charge in [0.2, 0.25) is 0 Å². The van der Waals surface area contributed by atoms with Crippen LogP contribution in [0.4, 0.5) is 17.1 Å². The third kappa shape index (κ3) is 5.28. The minimum atomic E-state index is -0.492. The van der Waals surface area contributed by atoms with Gasteiger partial charge in [0.05, 0.1) is 11.1 Å². The zero-order chi connectivity index (χ0) is 41.3. The van der Waals surface area contributed by atoms with E-state index in [9.17, 15) is 0 Å². The van der Waals surface area contributed by atoms with E-state index in [0.29, 0.717) is 0 Å². The Morgan fingerprint density at radius 2 is 0.790 bits per heavy atom. The van der Waals surface area contributed by atoms with Gasteiger partial charge in [-0.25, -0.2) is 0 Å². The van der Waals surface area contributed by atoms with Gasteiger partial charge in [-0.1, -0.05) is 206 Å². The number of para-hydroxylation sites is 1. The summed E-state index contributed by atoms with van der Waals surface area (Å²) in [6.07, 6.45) is 0. The number of rotatable bonds is 7. The highest BCUT2D eigenvalue weighted by Gasteiger charge is 2.46. The molecule has 0 amide bonds. The van der Waals surface area contributed by atoms with E-state index in [1.165, 1.54) is 83.1 Å². The monoisotopic (exact) mass is 789 g/mol. The van der Waals surface area contributed by atoms with Crippen LogP contribution < -0.4 is 4.90 Å². The molecule has 2 aliphatic rings. The van der Waals surface area contributed by atoms with Crippen molar-refractivity contribution in [2.24, 2.45) is 0 Å². The Balaban J connectivity index is 1.10. The lowest BCUT2D eigenvalue weighted by Gasteiger charge is -2.34. The largest absolute Gasteiger partial charge is 0.310 e. The first kappa shape index (κ1) is 36.1. The second kappa shape index (κ2) is 14.2. The molecular formula is C61H43N. The molecule has 1 nitrogen and oxygen atoms in total. The molecule has 0 heterocycles. The number of nitrogens with zero attached hydrogens (tertiary/aromatic N) is 1. The number of anilines is 3. The fourth-order valence-corrected chi connectivity index (χ4v) is 11.0. The summed E-state index contributed by atoms with van der Waals surface area (Å²) in [7, 11) is 0. The topological polar surface area (TPSA) is 3.24 Å². The van der Waals surface area contributed by atoms with Crippen LogP contribution in [0, 0.1) is 0 Å². The van der Waals surface area contributed by atoms with Crippen molar-refractivity contribution in [3.63, 3.8) is 0 Å². The standard InChI is InChI=1S/C61H43N/c1-60(45-21-5-2-6-22-45)55-30-16-13-28-51(55)53-38-36-49(41-57(53)60)62(48-35-33-42-19-11-12-20-43(42)39-48)59-32-18-15-27-50(59)44-34-37-54-52-29-14-17-31-56(52)61(58(54)40-44,46-23-7-3-8-24-46)47-25-9-4-10-26-47/h2-41H,1H3. The maximum absolute atomic E-state index is 2.49. The van der Waals surface area contributed by atoms with Crippen molar-refractivity contribution in [3.05, 3.63) is 282 Å². The zero-order valence-electron chi connectivity index (χ0n) is 34.5. The van der Waals surface area contributed by atoms with Gasteiger partial charge in [0.25, 0.3) is 0 Å². The van der Waals surface area contributed by atoms with Gasteiger partial charge in [-0.15, -0.1) is 0 Å². The highest BCUT2D eigenvalue weighted by molar-refractivity contribution is 5.96. The first-order chi connectivity index (χ1) is 30.6. The molecule has 0 aromatic heterocycles. The predicted octanol–water partition coefficient (Wildman–Crippen LogP) is 15.7. The summed E-state index contributed by atoms with van der Waals surface area (Å²) in [5, 5.41) is 2.43. The number of benzene rings is 10. The number of fused-ring (bicyclic) bond motifs is 7. The summed E-state index contributed by atoms with van der Waals surface area (Å²) >= 11 is 0. The van der Waals surface area contributed by atoms with Gasteiger partial charge in [-0.2, -0.15) is 0 Å². The van der Waals surface area contributed by atoms with Gasteiger partial charge in [0.1, 0.15) is 0 Å². The molecule has 1 heteroatoms. The van der Waals surface area contributed by atoms with E-state index in [2.05, 4.69) is 254 Å². The Bertz CT molecular complexity index is 3270. The molecule has 2 aliphatic carbocycles. The average molecular weight is 790 g/mol. The maximum Gasteiger partial charge on any atom is 0.0713 e. The minimum Gasteiger partial charge on any atom is -0.310 e. The molecule has 0 saturated carbocycles. The van der Waals surface area contributed by atoms with Crippen molar-refractivity contribution in [3.8, 4) is 33.4 Å². The van der Waals surface area contributed by atoms with Crippen molar-refractivity contribution in [1.82, 2.24) is 0 Å². The summed E-state index contributed by atoms with van der Waals surface area (Å²) in [5.41, 5.74) is 19.1. The molecule has 0 N–H and O–H groups in total. The molecular weight excluding hydrogens is 747 g/mol. The molecule has 0 aliphatic heterocycles. The molecule has 0 spiro atoms. The highest BCUT2D eigenvalue weighted by atomic mass is 15.1. The lowest BCUT2D eigenvalue weighted by molar-refractivity contribution is 0.714. The van der Waals surface area contributed by atoms with Crippen LogP contribution in [0.3, 0.4) is 0 Å². The zero-order valence-corrected chi connectivity index (χ0v) is 34.5. The maximum atomic E-state index is 2.49. The molecule has 10 aromatic carbocycles. The van der Waals surface area contributed by atoms with E-state index in [1.54, 1.807) is 0 Å². The van der Waals surface area contributed by atoms with Gasteiger partial charge in [-0.3, -0.25) is 0 Å². The van der Waals surface area contributed by atoms with Crippen molar-refractivity contribution >= 4 is 27.8 Å². The molecule has 12 rings (SSSR count). The first-order valence-corrected chi connectivity index (χ1v) is 21.7. The van der Waals surface area contributed by atoms with E-state index in [4.69, 9.17) is 0 Å². The number of hydrogen-bond acceptors (Lipinski definition) is 1. The smallest absolute Gasteiger partial charge is 0.0713 e. The van der Waals surface area contributed by atoms with E-state index in [0.717, 1.165) is 17.1 Å². The predicted molar refractivity (Wildman–Crippen MR) is 259 cm³/mol. The highest BCUT2D eigenvalue weighted by Crippen LogP contribution is 2.58. The van der Waals surface area contributed by atoms with E-state index in [-0.39, 0.29) is 5.41 Å². The third-order valence-electron chi connectivity index (χ3n) is 13.8. The SMILES string of the molecule is CC1(c2ccccc2)c2ccccc2-c2ccc(N(c3ccc4ccccc4c3)c3ccccc3-c3ccc4c(c3)C(c3ccccc3)(c3ccccc3)c3ccccc3-4)cc21. The molecule has 1 atom stereocenters. The molecule has 1 unspecified atom stereocenters. The number of hydrogen-bond donors (Lipinski definition) is 0. The summed E-state index contributed by atoms with van der Waals surface area (Å²) < 4.78 is 0. The van der Waals surface area contributed by atoms with Crippen LogP contribution in [0.5, 0.6) is 0 Å². The van der Waals surface area contributed by atoms with Gasteiger partial charge < -0.3 is 4.90 Å². The van der Waals surface area contributed by atoms with E-state index < -0.39 is 5.41 Å². The Labute approximate surface area is 363 Å². The van der Waals surface area contributed by atoms with Crippen molar-refractivity contribution in [2.75, 3.05) is 4.90 Å². The Kier molecular flexibility index (Phi) is 8.27. The molecule has 62 heavy (non-hydrogen) atoms. The van der Waals surface area contributed by atoms with Crippen molar-refractivity contribution < 1.29 is 0 Å². The van der Waals surface area contributed by atoms with Crippen LogP contribution in [0.15, 0.2) is 243 Å². The van der Waals surface area contributed by atoms with Gasteiger partial charge in [0.15, 0.2) is 0 Å². The third-order valence-corrected chi connectivity index (χ3v) is 13.8. The quantitative estimate of drug-likeness (QED) is 0.155. The lowest BCUT2D eigenvalue weighted by Crippen LogP contribution is -2.28.